The van der Waals surface area contributed by atoms with E-state index in [0.29, 0.717) is 12.0 Å². The third-order valence-corrected chi connectivity index (χ3v) is 2.92. The highest BCUT2D eigenvalue weighted by Gasteiger charge is 2.32. The van der Waals surface area contributed by atoms with E-state index in [4.69, 9.17) is 5.41 Å². The van der Waals surface area contributed by atoms with Gasteiger partial charge in [0.25, 0.3) is 0 Å². The lowest BCUT2D eigenvalue weighted by atomic mass is 9.97. The molecule has 2 fully saturated rings. The molecule has 0 bridgehead atoms. The molecule has 2 rings (SSSR count). The van der Waals surface area contributed by atoms with Gasteiger partial charge in [-0.25, -0.2) is 0 Å². The number of hydrogen-bond acceptors (Lipinski definition) is 2. The van der Waals surface area contributed by atoms with E-state index < -0.39 is 0 Å². The summed E-state index contributed by atoms with van der Waals surface area (Å²) >= 11 is 0. The van der Waals surface area contributed by atoms with Crippen LogP contribution in [0.1, 0.15) is 39.0 Å². The molecule has 2 nitrogen and oxygen atoms in total. The van der Waals surface area contributed by atoms with Crippen LogP contribution < -0.4 is 0 Å². The Kier molecular flexibility index (Phi) is 2.47. The van der Waals surface area contributed by atoms with Crippen LogP contribution in [0.5, 0.6) is 0 Å². The molecule has 0 amide bonds. The Morgan fingerprint density at radius 1 is 1.46 bits per heavy atom. The van der Waals surface area contributed by atoms with Crippen LogP contribution in [0.3, 0.4) is 0 Å². The zero-order valence-corrected chi connectivity index (χ0v) is 8.29. The molecule has 1 N–H and O–H groups in total. The zero-order chi connectivity index (χ0) is 9.26. The van der Waals surface area contributed by atoms with Gasteiger partial charge in [0.2, 0.25) is 0 Å². The molecule has 2 saturated carbocycles. The predicted molar refractivity (Wildman–Crippen MR) is 55.7 cm³/mol. The average Bonchev–Trinajstić information content (AvgIpc) is 2.98. The van der Waals surface area contributed by atoms with Gasteiger partial charge in [-0.15, -0.1) is 0 Å². The first-order chi connectivity index (χ1) is 6.31. The summed E-state index contributed by atoms with van der Waals surface area (Å²) in [4.78, 5) is 4.50. The standard InChI is InChI=1S/C11H18N2/c1-2-11(12)10(8-3-4-8)7-13-9-5-6-9/h7-10,12H,2-6H2,1H3. The Labute approximate surface area is 80.0 Å². The first-order valence-corrected chi connectivity index (χ1v) is 5.42. The van der Waals surface area contributed by atoms with E-state index in [9.17, 15) is 0 Å². The predicted octanol–water partition coefficient (Wildman–Crippen LogP) is 2.68. The molecule has 0 saturated heterocycles. The molecule has 1 atom stereocenters. The summed E-state index contributed by atoms with van der Waals surface area (Å²) in [6.45, 7) is 2.07. The van der Waals surface area contributed by atoms with Crippen molar-refractivity contribution in [2.75, 3.05) is 0 Å². The maximum Gasteiger partial charge on any atom is 0.0497 e. The fraction of sp³-hybridized carbons (Fsp3) is 0.818. The van der Waals surface area contributed by atoms with Gasteiger partial charge in [-0.1, -0.05) is 6.92 Å². The molecule has 1 unspecified atom stereocenters. The first-order valence-electron chi connectivity index (χ1n) is 5.42. The minimum Gasteiger partial charge on any atom is -0.309 e. The average molecular weight is 178 g/mol. The summed E-state index contributed by atoms with van der Waals surface area (Å²) in [6.07, 6.45) is 8.12. The second-order valence-electron chi connectivity index (χ2n) is 4.27. The van der Waals surface area contributed by atoms with E-state index >= 15 is 0 Å². The van der Waals surface area contributed by atoms with Gasteiger partial charge >= 0.3 is 0 Å². The SMILES string of the molecule is CCC(=N)C(C=NC1CC1)C1CC1. The van der Waals surface area contributed by atoms with Gasteiger partial charge in [-0.05, 0) is 38.0 Å². The fourth-order valence-electron chi connectivity index (χ4n) is 1.63. The van der Waals surface area contributed by atoms with Gasteiger partial charge in [-0.2, -0.15) is 0 Å². The third-order valence-electron chi connectivity index (χ3n) is 2.92. The van der Waals surface area contributed by atoms with E-state index in [1.54, 1.807) is 0 Å². The molecule has 0 heterocycles. The van der Waals surface area contributed by atoms with Crippen molar-refractivity contribution in [3.63, 3.8) is 0 Å². The second-order valence-corrected chi connectivity index (χ2v) is 4.27. The van der Waals surface area contributed by atoms with Crippen LogP contribution in [-0.4, -0.2) is 18.0 Å². The topological polar surface area (TPSA) is 36.2 Å². The van der Waals surface area contributed by atoms with Crippen LogP contribution in [0.2, 0.25) is 0 Å². The molecule has 0 aliphatic heterocycles. The van der Waals surface area contributed by atoms with Gasteiger partial charge in [-0.3, -0.25) is 4.99 Å². The Balaban J connectivity index is 1.91. The summed E-state index contributed by atoms with van der Waals surface area (Å²) in [5, 5.41) is 7.84. The lowest BCUT2D eigenvalue weighted by molar-refractivity contribution is 0.759. The minimum atomic E-state index is 0.380. The van der Waals surface area contributed by atoms with E-state index in [1.807, 2.05) is 0 Å². The van der Waals surface area contributed by atoms with Crippen molar-refractivity contribution in [2.24, 2.45) is 16.8 Å². The lowest BCUT2D eigenvalue weighted by Gasteiger charge is -2.10. The van der Waals surface area contributed by atoms with Crippen molar-refractivity contribution in [1.82, 2.24) is 0 Å². The van der Waals surface area contributed by atoms with Gasteiger partial charge < -0.3 is 5.41 Å². The van der Waals surface area contributed by atoms with Gasteiger partial charge in [0.05, 0.1) is 0 Å². The Morgan fingerprint density at radius 3 is 2.62 bits per heavy atom. The molecule has 13 heavy (non-hydrogen) atoms. The van der Waals surface area contributed by atoms with Gasteiger partial charge in [0, 0.05) is 23.9 Å². The molecule has 0 radical (unpaired) electrons. The minimum absolute atomic E-state index is 0.380. The molecule has 2 aliphatic carbocycles. The van der Waals surface area contributed by atoms with E-state index in [2.05, 4.69) is 18.1 Å². The summed E-state index contributed by atoms with van der Waals surface area (Å²) < 4.78 is 0. The Bertz CT molecular complexity index is 224. The van der Waals surface area contributed by atoms with Crippen LogP contribution in [0.4, 0.5) is 0 Å². The Hall–Kier alpha value is -0.660. The molecule has 2 heteroatoms. The maximum absolute atomic E-state index is 7.84. The Morgan fingerprint density at radius 2 is 2.15 bits per heavy atom. The lowest BCUT2D eigenvalue weighted by Crippen LogP contribution is -2.16. The van der Waals surface area contributed by atoms with Crippen molar-refractivity contribution in [3.05, 3.63) is 0 Å². The van der Waals surface area contributed by atoms with Crippen LogP contribution in [0.25, 0.3) is 0 Å². The van der Waals surface area contributed by atoms with Crippen molar-refractivity contribution in [1.29, 1.82) is 5.41 Å². The highest BCUT2D eigenvalue weighted by molar-refractivity contribution is 5.97. The maximum atomic E-state index is 7.84. The quantitative estimate of drug-likeness (QED) is 0.628. The van der Waals surface area contributed by atoms with Crippen molar-refractivity contribution in [2.45, 2.75) is 45.1 Å². The number of nitrogens with one attached hydrogen (secondary N) is 1. The first kappa shape index (κ1) is 8.92. The number of rotatable bonds is 5. The van der Waals surface area contributed by atoms with E-state index in [1.165, 1.54) is 25.7 Å². The number of hydrogen-bond donors (Lipinski definition) is 1. The number of nitrogens with zero attached hydrogens (tertiary/aromatic N) is 1. The largest absolute Gasteiger partial charge is 0.309 e. The molecular formula is C11H18N2. The van der Waals surface area contributed by atoms with Gasteiger partial charge in [0.1, 0.15) is 0 Å². The molecule has 0 aromatic heterocycles. The molecule has 2 aliphatic rings. The summed E-state index contributed by atoms with van der Waals surface area (Å²) in [5.74, 6) is 1.14. The van der Waals surface area contributed by atoms with Crippen LogP contribution in [0.15, 0.2) is 4.99 Å². The van der Waals surface area contributed by atoms with Crippen LogP contribution in [-0.2, 0) is 0 Å². The summed E-state index contributed by atoms with van der Waals surface area (Å²) in [6, 6.07) is 0.617. The van der Waals surface area contributed by atoms with Crippen molar-refractivity contribution >= 4 is 11.9 Å². The van der Waals surface area contributed by atoms with Crippen LogP contribution >= 0.6 is 0 Å². The molecule has 0 aromatic rings. The monoisotopic (exact) mass is 178 g/mol. The van der Waals surface area contributed by atoms with Crippen LogP contribution in [0, 0.1) is 17.2 Å². The molecular weight excluding hydrogens is 160 g/mol. The number of aliphatic imine (C=N–C) groups is 1. The third kappa shape index (κ3) is 2.39. The van der Waals surface area contributed by atoms with Crippen molar-refractivity contribution in [3.8, 4) is 0 Å². The molecule has 0 spiro atoms. The van der Waals surface area contributed by atoms with Crippen molar-refractivity contribution < 1.29 is 0 Å². The second kappa shape index (κ2) is 3.60. The summed E-state index contributed by atoms with van der Waals surface area (Å²) in [5.41, 5.74) is 0.881. The fourth-order valence-corrected chi connectivity index (χ4v) is 1.63. The highest BCUT2D eigenvalue weighted by Crippen LogP contribution is 2.37. The molecule has 72 valence electrons. The normalized spacial score (nSPS) is 25.0. The molecule has 0 aromatic carbocycles. The zero-order valence-electron chi connectivity index (χ0n) is 8.29. The highest BCUT2D eigenvalue weighted by atomic mass is 14.8. The smallest absolute Gasteiger partial charge is 0.0497 e. The van der Waals surface area contributed by atoms with Gasteiger partial charge in [0.15, 0.2) is 0 Å². The van der Waals surface area contributed by atoms with E-state index in [0.717, 1.165) is 18.1 Å². The van der Waals surface area contributed by atoms with E-state index in [-0.39, 0.29) is 0 Å². The summed E-state index contributed by atoms with van der Waals surface area (Å²) in [7, 11) is 0.